The van der Waals surface area contributed by atoms with Gasteiger partial charge in [-0.05, 0) is 37.3 Å². The molecular formula is C21H28OS2. The Hall–Kier alpha value is -0.850. The number of rotatable bonds is 7. The largest absolute Gasteiger partial charge is 0.287 e. The summed E-state index contributed by atoms with van der Waals surface area (Å²) in [5.74, 6) is 6.92. The quantitative estimate of drug-likeness (QED) is 0.313. The van der Waals surface area contributed by atoms with Crippen molar-refractivity contribution < 1.29 is 4.79 Å². The summed E-state index contributed by atoms with van der Waals surface area (Å²) < 4.78 is 0.351. The molecule has 1 aliphatic rings. The Kier molecular flexibility index (Phi) is 9.46. The van der Waals surface area contributed by atoms with Gasteiger partial charge in [0.05, 0.1) is 4.58 Å². The van der Waals surface area contributed by atoms with E-state index < -0.39 is 0 Å². The molecule has 1 aromatic rings. The van der Waals surface area contributed by atoms with Crippen molar-refractivity contribution in [3.63, 3.8) is 0 Å². The summed E-state index contributed by atoms with van der Waals surface area (Å²) in [6.07, 6.45) is 9.83. The van der Waals surface area contributed by atoms with E-state index in [-0.39, 0.29) is 0 Å². The second-order valence-corrected chi connectivity index (χ2v) is 9.00. The van der Waals surface area contributed by atoms with E-state index in [4.69, 9.17) is 0 Å². The van der Waals surface area contributed by atoms with E-state index in [1.807, 2.05) is 17.8 Å². The van der Waals surface area contributed by atoms with Gasteiger partial charge in [0.2, 0.25) is 0 Å². The highest BCUT2D eigenvalue weighted by Gasteiger charge is 2.27. The predicted molar refractivity (Wildman–Crippen MR) is 107 cm³/mol. The third kappa shape index (κ3) is 7.36. The van der Waals surface area contributed by atoms with Crippen molar-refractivity contribution >= 4 is 28.6 Å². The van der Waals surface area contributed by atoms with Crippen molar-refractivity contribution in [3.05, 3.63) is 30.3 Å². The molecule has 1 nitrogen and oxygen atoms in total. The lowest BCUT2D eigenvalue weighted by molar-refractivity contribution is -0.110. The van der Waals surface area contributed by atoms with Gasteiger partial charge in [-0.1, -0.05) is 56.1 Å². The summed E-state index contributed by atoms with van der Waals surface area (Å²) >= 11 is 3.44. The average Bonchev–Trinajstić information content (AvgIpc) is 2.62. The van der Waals surface area contributed by atoms with Crippen LogP contribution in [0.4, 0.5) is 0 Å². The standard InChI is InChI=1S/C21H28OS2/c1-2-3-4-5-12-17-20(22)24-21(18-13-8-6-9-14-18)23-19-15-10-7-11-16-19/h7,10-11,15-16,18,21H,2-3,6,8-9,12-14,17H2,1H3. The van der Waals surface area contributed by atoms with Gasteiger partial charge >= 0.3 is 0 Å². The molecule has 0 N–H and O–H groups in total. The molecule has 0 aromatic heterocycles. The van der Waals surface area contributed by atoms with Crippen LogP contribution in [-0.4, -0.2) is 9.70 Å². The maximum Gasteiger partial charge on any atom is 0.190 e. The van der Waals surface area contributed by atoms with Gasteiger partial charge < -0.3 is 0 Å². The fourth-order valence-electron chi connectivity index (χ4n) is 2.91. The van der Waals surface area contributed by atoms with Crippen molar-refractivity contribution in [3.8, 4) is 11.8 Å². The highest BCUT2D eigenvalue weighted by atomic mass is 32.2. The molecular weight excluding hydrogens is 332 g/mol. The van der Waals surface area contributed by atoms with Crippen molar-refractivity contribution in [1.29, 1.82) is 0 Å². The number of unbranched alkanes of at least 4 members (excludes halogenated alkanes) is 1. The minimum atomic E-state index is 0.305. The van der Waals surface area contributed by atoms with Gasteiger partial charge in [0.15, 0.2) is 5.12 Å². The van der Waals surface area contributed by atoms with Crippen LogP contribution in [0, 0.1) is 17.8 Å². The number of carbonyl (C=O) groups is 1. The van der Waals surface area contributed by atoms with E-state index in [9.17, 15) is 4.79 Å². The Balaban J connectivity index is 1.90. The molecule has 0 amide bonds. The number of hydrogen-bond acceptors (Lipinski definition) is 3. The molecule has 0 aliphatic heterocycles. The normalized spacial score (nSPS) is 16.2. The minimum Gasteiger partial charge on any atom is -0.287 e. The van der Waals surface area contributed by atoms with Gasteiger partial charge in [-0.15, -0.1) is 23.6 Å². The molecule has 130 valence electrons. The fourth-order valence-corrected chi connectivity index (χ4v) is 5.75. The van der Waals surface area contributed by atoms with Gasteiger partial charge in [-0.3, -0.25) is 4.79 Å². The van der Waals surface area contributed by atoms with Crippen LogP contribution < -0.4 is 0 Å². The summed E-state index contributed by atoms with van der Waals surface area (Å²) in [6, 6.07) is 10.5. The zero-order chi connectivity index (χ0) is 17.0. The summed E-state index contributed by atoms with van der Waals surface area (Å²) in [5.41, 5.74) is 0. The second-order valence-electron chi connectivity index (χ2n) is 6.29. The van der Waals surface area contributed by atoms with Crippen LogP contribution in [0.25, 0.3) is 0 Å². The summed E-state index contributed by atoms with van der Waals surface area (Å²) in [7, 11) is 0. The van der Waals surface area contributed by atoms with Crippen LogP contribution in [-0.2, 0) is 4.79 Å². The lowest BCUT2D eigenvalue weighted by Crippen LogP contribution is -2.19. The zero-order valence-corrected chi connectivity index (χ0v) is 16.3. The molecule has 2 rings (SSSR count). The van der Waals surface area contributed by atoms with Crippen molar-refractivity contribution in [2.45, 2.75) is 74.2 Å². The molecule has 0 saturated heterocycles. The van der Waals surface area contributed by atoms with E-state index in [0.29, 0.717) is 28.5 Å². The Labute approximate surface area is 155 Å². The van der Waals surface area contributed by atoms with Crippen LogP contribution in [0.1, 0.15) is 64.7 Å². The first-order valence-corrected chi connectivity index (χ1v) is 10.9. The van der Waals surface area contributed by atoms with Crippen molar-refractivity contribution in [2.75, 3.05) is 0 Å². The Morgan fingerprint density at radius 2 is 1.83 bits per heavy atom. The van der Waals surface area contributed by atoms with E-state index in [1.54, 1.807) is 11.8 Å². The summed E-state index contributed by atoms with van der Waals surface area (Å²) in [4.78, 5) is 13.7. The Morgan fingerprint density at radius 1 is 1.12 bits per heavy atom. The van der Waals surface area contributed by atoms with Crippen molar-refractivity contribution in [1.82, 2.24) is 0 Å². The highest BCUT2D eigenvalue weighted by Crippen LogP contribution is 2.42. The van der Waals surface area contributed by atoms with Crippen LogP contribution in [0.15, 0.2) is 35.2 Å². The lowest BCUT2D eigenvalue weighted by Gasteiger charge is -2.29. The molecule has 0 bridgehead atoms. The first-order valence-electron chi connectivity index (χ1n) is 9.16. The van der Waals surface area contributed by atoms with E-state index in [1.165, 1.54) is 37.0 Å². The van der Waals surface area contributed by atoms with Gasteiger partial charge in [-0.25, -0.2) is 0 Å². The topological polar surface area (TPSA) is 17.1 Å². The minimum absolute atomic E-state index is 0.305. The van der Waals surface area contributed by atoms with Crippen LogP contribution in [0.5, 0.6) is 0 Å². The molecule has 1 saturated carbocycles. The van der Waals surface area contributed by atoms with E-state index >= 15 is 0 Å². The molecule has 0 heterocycles. The van der Waals surface area contributed by atoms with Gasteiger partial charge in [-0.2, -0.15) is 0 Å². The van der Waals surface area contributed by atoms with Gasteiger partial charge in [0.25, 0.3) is 0 Å². The first kappa shape index (κ1) is 19.5. The number of carbonyl (C=O) groups excluding carboxylic acids is 1. The molecule has 0 radical (unpaired) electrons. The van der Waals surface area contributed by atoms with Crippen LogP contribution in [0.3, 0.4) is 0 Å². The molecule has 1 unspecified atom stereocenters. The third-order valence-corrected chi connectivity index (χ3v) is 7.06. The van der Waals surface area contributed by atoms with Crippen molar-refractivity contribution in [2.24, 2.45) is 5.92 Å². The van der Waals surface area contributed by atoms with Gasteiger partial charge in [0, 0.05) is 24.2 Å². The summed E-state index contributed by atoms with van der Waals surface area (Å²) in [5, 5.41) is 0.305. The molecule has 0 spiro atoms. The van der Waals surface area contributed by atoms with E-state index in [2.05, 4.69) is 43.0 Å². The third-order valence-electron chi connectivity index (χ3n) is 4.23. The molecule has 1 aliphatic carbocycles. The molecule has 1 aromatic carbocycles. The van der Waals surface area contributed by atoms with Crippen LogP contribution >= 0.6 is 23.5 Å². The molecule has 3 heteroatoms. The zero-order valence-electron chi connectivity index (χ0n) is 14.6. The number of benzene rings is 1. The first-order chi connectivity index (χ1) is 11.8. The molecule has 24 heavy (non-hydrogen) atoms. The number of thioether (sulfide) groups is 2. The maximum atomic E-state index is 12.4. The molecule has 1 atom stereocenters. The van der Waals surface area contributed by atoms with E-state index in [0.717, 1.165) is 12.8 Å². The second kappa shape index (κ2) is 11.7. The fraction of sp³-hybridized carbons (Fsp3) is 0.571. The number of hydrogen-bond donors (Lipinski definition) is 0. The highest BCUT2D eigenvalue weighted by molar-refractivity contribution is 8.24. The predicted octanol–water partition coefficient (Wildman–Crippen LogP) is 6.53. The maximum absolute atomic E-state index is 12.4. The smallest absolute Gasteiger partial charge is 0.190 e. The summed E-state index contributed by atoms with van der Waals surface area (Å²) in [6.45, 7) is 2.13. The van der Waals surface area contributed by atoms with Crippen LogP contribution in [0.2, 0.25) is 0 Å². The SMILES string of the molecule is CCCC#CCCC(=O)SC(Sc1ccccc1)C1CCCCC1. The Morgan fingerprint density at radius 3 is 2.54 bits per heavy atom. The van der Waals surface area contributed by atoms with Gasteiger partial charge in [0.1, 0.15) is 0 Å². The molecule has 1 fully saturated rings. The lowest BCUT2D eigenvalue weighted by atomic mass is 9.91. The Bertz CT molecular complexity index is 538. The monoisotopic (exact) mass is 360 g/mol. The average molecular weight is 361 g/mol.